The van der Waals surface area contributed by atoms with Gasteiger partial charge in [-0.2, -0.15) is 0 Å². The van der Waals surface area contributed by atoms with E-state index >= 15 is 0 Å². The van der Waals surface area contributed by atoms with Gasteiger partial charge in [-0.3, -0.25) is 9.59 Å². The zero-order chi connectivity index (χ0) is 19.7. The van der Waals surface area contributed by atoms with E-state index in [0.717, 1.165) is 29.8 Å². The van der Waals surface area contributed by atoms with Gasteiger partial charge in [0.25, 0.3) is 0 Å². The van der Waals surface area contributed by atoms with E-state index in [-0.39, 0.29) is 29.7 Å². The minimum Gasteiger partial charge on any atom is -0.323 e. The Balaban J connectivity index is 1.50. The number of halogens is 1. The maximum atomic E-state index is 14.8. The number of nitrogens with zero attached hydrogens (tertiary/aromatic N) is 1. The van der Waals surface area contributed by atoms with Gasteiger partial charge in [-0.1, -0.05) is 31.2 Å². The monoisotopic (exact) mass is 381 g/mol. The number of rotatable bonds is 4. The van der Waals surface area contributed by atoms with Crippen molar-refractivity contribution >= 4 is 23.2 Å². The second-order valence-corrected chi connectivity index (χ2v) is 7.37. The molecule has 2 aromatic rings. The molecule has 1 fully saturated rings. The molecule has 28 heavy (non-hydrogen) atoms. The molecule has 6 heteroatoms. The quantitative estimate of drug-likeness (QED) is 0.856. The zero-order valence-corrected chi connectivity index (χ0v) is 15.9. The summed E-state index contributed by atoms with van der Waals surface area (Å²) in [6.07, 6.45) is 1.56. The van der Waals surface area contributed by atoms with Crippen LogP contribution in [0.5, 0.6) is 0 Å². The normalized spacial score (nSPS) is 18.9. The molecule has 0 aromatic heterocycles. The predicted molar refractivity (Wildman–Crippen MR) is 107 cm³/mol. The Morgan fingerprint density at radius 3 is 2.93 bits per heavy atom. The molecule has 2 aliphatic rings. The van der Waals surface area contributed by atoms with Gasteiger partial charge in [0.15, 0.2) is 0 Å². The topological polar surface area (TPSA) is 61.4 Å². The van der Waals surface area contributed by atoms with Crippen molar-refractivity contribution < 1.29 is 14.0 Å². The SMILES string of the molecule is CCc1ccccc1N1CC(C(=O)Nc2ccc3c(c2F)CCNC3)CC1=O. The van der Waals surface area contributed by atoms with Crippen molar-refractivity contribution in [1.82, 2.24) is 5.32 Å². The van der Waals surface area contributed by atoms with Crippen molar-refractivity contribution in [2.45, 2.75) is 32.7 Å². The third kappa shape index (κ3) is 3.40. The van der Waals surface area contributed by atoms with E-state index in [0.29, 0.717) is 25.1 Å². The van der Waals surface area contributed by atoms with Crippen molar-refractivity contribution in [3.05, 3.63) is 58.9 Å². The lowest BCUT2D eigenvalue weighted by atomic mass is 9.99. The molecule has 2 N–H and O–H groups in total. The number of hydrogen-bond donors (Lipinski definition) is 2. The van der Waals surface area contributed by atoms with Gasteiger partial charge in [0.2, 0.25) is 11.8 Å². The molecule has 2 aliphatic heterocycles. The van der Waals surface area contributed by atoms with Gasteiger partial charge in [0.1, 0.15) is 5.82 Å². The molecule has 0 bridgehead atoms. The summed E-state index contributed by atoms with van der Waals surface area (Å²) in [5.74, 6) is -1.23. The first-order valence-electron chi connectivity index (χ1n) is 9.78. The summed E-state index contributed by atoms with van der Waals surface area (Å²) < 4.78 is 14.8. The lowest BCUT2D eigenvalue weighted by molar-refractivity contribution is -0.122. The van der Waals surface area contributed by atoms with Crippen LogP contribution in [-0.4, -0.2) is 24.9 Å². The summed E-state index contributed by atoms with van der Waals surface area (Å²) in [6, 6.07) is 11.2. The number of aryl methyl sites for hydroxylation is 1. The van der Waals surface area contributed by atoms with Crippen molar-refractivity contribution in [2.75, 3.05) is 23.3 Å². The minimum absolute atomic E-state index is 0.0713. The Bertz CT molecular complexity index is 928. The van der Waals surface area contributed by atoms with Crippen LogP contribution in [0.2, 0.25) is 0 Å². The summed E-state index contributed by atoms with van der Waals surface area (Å²) in [5, 5.41) is 5.92. The van der Waals surface area contributed by atoms with Gasteiger partial charge in [0.05, 0.1) is 11.6 Å². The van der Waals surface area contributed by atoms with Crippen LogP contribution in [0.1, 0.15) is 30.0 Å². The molecule has 1 saturated heterocycles. The van der Waals surface area contributed by atoms with Crippen LogP contribution in [0.15, 0.2) is 36.4 Å². The van der Waals surface area contributed by atoms with Gasteiger partial charge in [-0.05, 0) is 48.2 Å². The highest BCUT2D eigenvalue weighted by Gasteiger charge is 2.36. The third-order valence-electron chi connectivity index (χ3n) is 5.62. The fourth-order valence-corrected chi connectivity index (χ4v) is 4.05. The maximum absolute atomic E-state index is 14.8. The number of anilines is 2. The molecule has 146 valence electrons. The van der Waals surface area contributed by atoms with Gasteiger partial charge in [-0.25, -0.2) is 4.39 Å². The van der Waals surface area contributed by atoms with Crippen LogP contribution in [0.4, 0.5) is 15.8 Å². The van der Waals surface area contributed by atoms with Crippen molar-refractivity contribution in [3.63, 3.8) is 0 Å². The van der Waals surface area contributed by atoms with Gasteiger partial charge < -0.3 is 15.5 Å². The van der Waals surface area contributed by atoms with E-state index in [1.165, 1.54) is 0 Å². The molecule has 5 nitrogen and oxygen atoms in total. The van der Waals surface area contributed by atoms with Crippen molar-refractivity contribution in [3.8, 4) is 0 Å². The lowest BCUT2D eigenvalue weighted by Crippen LogP contribution is -2.29. The minimum atomic E-state index is -0.491. The number of carbonyl (C=O) groups is 2. The fourth-order valence-electron chi connectivity index (χ4n) is 4.05. The first-order valence-corrected chi connectivity index (χ1v) is 9.78. The summed E-state index contributed by atoms with van der Waals surface area (Å²) >= 11 is 0. The highest BCUT2D eigenvalue weighted by molar-refractivity contribution is 6.04. The zero-order valence-electron chi connectivity index (χ0n) is 15.9. The Hall–Kier alpha value is -2.73. The van der Waals surface area contributed by atoms with E-state index in [1.54, 1.807) is 11.0 Å². The Morgan fingerprint density at radius 1 is 1.29 bits per heavy atom. The second kappa shape index (κ2) is 7.72. The molecule has 1 unspecified atom stereocenters. The molecule has 2 heterocycles. The second-order valence-electron chi connectivity index (χ2n) is 7.37. The predicted octanol–water partition coefficient (Wildman–Crippen LogP) is 3.03. The van der Waals surface area contributed by atoms with Crippen molar-refractivity contribution in [2.24, 2.45) is 5.92 Å². The summed E-state index contributed by atoms with van der Waals surface area (Å²) in [7, 11) is 0. The van der Waals surface area contributed by atoms with E-state index in [2.05, 4.69) is 10.6 Å². The number of nitrogens with one attached hydrogen (secondary N) is 2. The molecule has 4 rings (SSSR count). The molecule has 0 saturated carbocycles. The Labute approximate surface area is 163 Å². The van der Waals surface area contributed by atoms with Crippen LogP contribution in [-0.2, 0) is 29.0 Å². The molecule has 2 aromatic carbocycles. The number of amides is 2. The van der Waals surface area contributed by atoms with Crippen LogP contribution < -0.4 is 15.5 Å². The van der Waals surface area contributed by atoms with Crippen LogP contribution >= 0.6 is 0 Å². The molecular formula is C22H24FN3O2. The largest absolute Gasteiger partial charge is 0.323 e. The highest BCUT2D eigenvalue weighted by atomic mass is 19.1. The number of benzene rings is 2. The average Bonchev–Trinajstić information content (AvgIpc) is 3.12. The highest BCUT2D eigenvalue weighted by Crippen LogP contribution is 2.30. The fraction of sp³-hybridized carbons (Fsp3) is 0.364. The Kier molecular flexibility index (Phi) is 5.13. The smallest absolute Gasteiger partial charge is 0.229 e. The summed E-state index contributed by atoms with van der Waals surface area (Å²) in [4.78, 5) is 27.0. The number of carbonyl (C=O) groups excluding carboxylic acids is 2. The maximum Gasteiger partial charge on any atom is 0.229 e. The molecule has 2 amide bonds. The lowest BCUT2D eigenvalue weighted by Gasteiger charge is -2.21. The Morgan fingerprint density at radius 2 is 2.11 bits per heavy atom. The van der Waals surface area contributed by atoms with E-state index in [1.807, 2.05) is 37.3 Å². The van der Waals surface area contributed by atoms with Crippen LogP contribution in [0.3, 0.4) is 0 Å². The molecule has 0 radical (unpaired) electrons. The molecule has 0 aliphatic carbocycles. The standard InChI is InChI=1S/C22H24FN3O2/c1-2-14-5-3-4-6-19(14)26-13-16(11-20(26)27)22(28)25-18-8-7-15-12-24-10-9-17(15)21(18)23/h3-8,16,24H,2,9-13H2,1H3,(H,25,28). The average molecular weight is 381 g/mol. The van der Waals surface area contributed by atoms with Gasteiger partial charge >= 0.3 is 0 Å². The summed E-state index contributed by atoms with van der Waals surface area (Å²) in [6.45, 7) is 3.73. The third-order valence-corrected chi connectivity index (χ3v) is 5.62. The summed E-state index contributed by atoms with van der Waals surface area (Å²) in [5.41, 5.74) is 3.73. The first-order chi connectivity index (χ1) is 13.6. The van der Waals surface area contributed by atoms with Gasteiger partial charge in [-0.15, -0.1) is 0 Å². The number of hydrogen-bond acceptors (Lipinski definition) is 3. The number of para-hydroxylation sites is 1. The first kappa shape index (κ1) is 18.6. The molecular weight excluding hydrogens is 357 g/mol. The van der Waals surface area contributed by atoms with Crippen LogP contribution in [0.25, 0.3) is 0 Å². The molecule has 0 spiro atoms. The van der Waals surface area contributed by atoms with E-state index < -0.39 is 5.92 Å². The van der Waals surface area contributed by atoms with Crippen LogP contribution in [0, 0.1) is 11.7 Å². The van der Waals surface area contributed by atoms with E-state index in [4.69, 9.17) is 0 Å². The van der Waals surface area contributed by atoms with E-state index in [9.17, 15) is 14.0 Å². The van der Waals surface area contributed by atoms with Gasteiger partial charge in [0, 0.05) is 25.2 Å². The number of fused-ring (bicyclic) bond motifs is 1. The van der Waals surface area contributed by atoms with Crippen molar-refractivity contribution in [1.29, 1.82) is 0 Å². The molecule has 1 atom stereocenters.